The van der Waals surface area contributed by atoms with E-state index >= 15 is 0 Å². The molecular weight excluding hydrogens is 446 g/mol. The second kappa shape index (κ2) is 9.57. The SMILES string of the molecule is COC(=O)C1=C(C(=O)OC)N(c2ccc(-c3cncn3C)cc2)C(N)=C(C#N)C1c1ccccc1. The molecule has 35 heavy (non-hydrogen) atoms. The normalized spacial score (nSPS) is 15.6. The third kappa shape index (κ3) is 4.02. The fourth-order valence-electron chi connectivity index (χ4n) is 4.20. The van der Waals surface area contributed by atoms with Crippen molar-refractivity contribution in [2.24, 2.45) is 12.8 Å². The number of esters is 2. The number of aryl methyl sites for hydroxylation is 1. The Labute approximate surface area is 202 Å². The van der Waals surface area contributed by atoms with Crippen molar-refractivity contribution in [3.63, 3.8) is 0 Å². The van der Waals surface area contributed by atoms with Gasteiger partial charge in [0.05, 0.1) is 55.6 Å². The van der Waals surface area contributed by atoms with Crippen molar-refractivity contribution in [3.05, 3.63) is 95.3 Å². The maximum absolute atomic E-state index is 13.1. The summed E-state index contributed by atoms with van der Waals surface area (Å²) in [7, 11) is 4.31. The number of aromatic nitrogens is 2. The van der Waals surface area contributed by atoms with Crippen LogP contribution in [0.25, 0.3) is 11.3 Å². The number of methoxy groups -OCH3 is 2. The highest BCUT2D eigenvalue weighted by molar-refractivity contribution is 6.06. The smallest absolute Gasteiger partial charge is 0.355 e. The molecule has 1 aliphatic heterocycles. The van der Waals surface area contributed by atoms with Crippen molar-refractivity contribution in [1.29, 1.82) is 5.26 Å². The number of nitrogens with two attached hydrogens (primary N) is 1. The number of allylic oxidation sites excluding steroid dienone is 1. The predicted octanol–water partition coefficient (Wildman–Crippen LogP) is 2.98. The zero-order chi connectivity index (χ0) is 25.1. The first-order chi connectivity index (χ1) is 16.9. The lowest BCUT2D eigenvalue weighted by Gasteiger charge is -2.35. The van der Waals surface area contributed by atoms with Crippen LogP contribution in [-0.2, 0) is 26.1 Å². The van der Waals surface area contributed by atoms with E-state index in [4.69, 9.17) is 15.2 Å². The van der Waals surface area contributed by atoms with Crippen molar-refractivity contribution in [3.8, 4) is 17.3 Å². The summed E-state index contributed by atoms with van der Waals surface area (Å²) in [6.45, 7) is 0. The lowest BCUT2D eigenvalue weighted by Crippen LogP contribution is -2.40. The van der Waals surface area contributed by atoms with Crippen LogP contribution >= 0.6 is 0 Å². The van der Waals surface area contributed by atoms with Crippen LogP contribution in [0, 0.1) is 11.3 Å². The van der Waals surface area contributed by atoms with E-state index in [1.54, 1.807) is 48.9 Å². The highest BCUT2D eigenvalue weighted by Gasteiger charge is 2.42. The van der Waals surface area contributed by atoms with E-state index < -0.39 is 17.9 Å². The minimum absolute atomic E-state index is 0.0164. The summed E-state index contributed by atoms with van der Waals surface area (Å²) >= 11 is 0. The van der Waals surface area contributed by atoms with Gasteiger partial charge in [-0.05, 0) is 23.3 Å². The van der Waals surface area contributed by atoms with Gasteiger partial charge in [0.25, 0.3) is 0 Å². The molecule has 3 aromatic rings. The summed E-state index contributed by atoms with van der Waals surface area (Å²) < 4.78 is 12.0. The van der Waals surface area contributed by atoms with E-state index in [0.717, 1.165) is 11.3 Å². The van der Waals surface area contributed by atoms with E-state index in [-0.39, 0.29) is 22.7 Å². The zero-order valence-electron chi connectivity index (χ0n) is 19.4. The number of hydrogen-bond acceptors (Lipinski definition) is 8. The summed E-state index contributed by atoms with van der Waals surface area (Å²) in [5.74, 6) is -2.45. The number of imidazole rings is 1. The Morgan fingerprint density at radius 3 is 2.23 bits per heavy atom. The molecule has 176 valence electrons. The van der Waals surface area contributed by atoms with Crippen LogP contribution in [0.1, 0.15) is 11.5 Å². The molecule has 1 aliphatic rings. The Morgan fingerprint density at radius 2 is 1.69 bits per heavy atom. The largest absolute Gasteiger partial charge is 0.466 e. The third-order valence-electron chi connectivity index (χ3n) is 5.85. The first-order valence-corrected chi connectivity index (χ1v) is 10.6. The highest BCUT2D eigenvalue weighted by atomic mass is 16.5. The van der Waals surface area contributed by atoms with Crippen LogP contribution in [0.5, 0.6) is 0 Å². The van der Waals surface area contributed by atoms with Crippen molar-refractivity contribution >= 4 is 17.6 Å². The molecule has 0 aliphatic carbocycles. The molecule has 4 rings (SSSR count). The molecule has 0 spiro atoms. The number of nitriles is 1. The van der Waals surface area contributed by atoms with Gasteiger partial charge in [-0.25, -0.2) is 14.6 Å². The summed E-state index contributed by atoms with van der Waals surface area (Å²) in [6.07, 6.45) is 3.43. The standard InChI is InChI=1S/C26H23N5O4/c1-30-15-29-14-20(30)16-9-11-18(12-10-16)31-23(26(33)35-3)22(25(32)34-2)21(19(13-27)24(31)28)17-7-5-4-6-8-17/h4-12,14-15,21H,28H2,1-3H3. The minimum atomic E-state index is -0.910. The Hall–Kier alpha value is -4.84. The van der Waals surface area contributed by atoms with Crippen LogP contribution < -0.4 is 10.6 Å². The van der Waals surface area contributed by atoms with E-state index in [0.29, 0.717) is 11.3 Å². The Balaban J connectivity index is 1.96. The van der Waals surface area contributed by atoms with E-state index in [1.165, 1.54) is 19.1 Å². The van der Waals surface area contributed by atoms with Gasteiger partial charge in [-0.1, -0.05) is 42.5 Å². The number of carbonyl (C=O) groups excluding carboxylic acids is 2. The quantitative estimate of drug-likeness (QED) is 0.566. The number of rotatable bonds is 5. The van der Waals surface area contributed by atoms with E-state index in [1.807, 2.05) is 29.8 Å². The van der Waals surface area contributed by atoms with Crippen LogP contribution in [0.4, 0.5) is 5.69 Å². The van der Waals surface area contributed by atoms with Crippen molar-refractivity contribution < 1.29 is 19.1 Å². The van der Waals surface area contributed by atoms with Crippen LogP contribution in [-0.4, -0.2) is 35.7 Å². The van der Waals surface area contributed by atoms with Gasteiger partial charge in [0.2, 0.25) is 0 Å². The molecule has 0 fully saturated rings. The molecule has 0 bridgehead atoms. The number of nitrogens with zero attached hydrogens (tertiary/aromatic N) is 4. The number of hydrogen-bond donors (Lipinski definition) is 1. The van der Waals surface area contributed by atoms with Crippen LogP contribution in [0.2, 0.25) is 0 Å². The maximum Gasteiger partial charge on any atom is 0.355 e. The first kappa shape index (κ1) is 23.3. The number of carbonyl (C=O) groups is 2. The average molecular weight is 470 g/mol. The summed E-state index contributed by atoms with van der Waals surface area (Å²) in [6, 6.07) is 18.2. The molecule has 9 heteroatoms. The van der Waals surface area contributed by atoms with Gasteiger partial charge in [0.15, 0.2) is 0 Å². The maximum atomic E-state index is 13.1. The average Bonchev–Trinajstić information content (AvgIpc) is 3.33. The monoisotopic (exact) mass is 469 g/mol. The molecule has 2 heterocycles. The van der Waals surface area contributed by atoms with Crippen LogP contribution in [0.15, 0.2) is 89.8 Å². The van der Waals surface area contributed by atoms with Gasteiger partial charge >= 0.3 is 11.9 Å². The second-order valence-electron chi connectivity index (χ2n) is 7.77. The molecular formula is C26H23N5O4. The Bertz CT molecular complexity index is 1380. The topological polar surface area (TPSA) is 123 Å². The van der Waals surface area contributed by atoms with Gasteiger partial charge in [0, 0.05) is 12.7 Å². The molecule has 2 aromatic carbocycles. The lowest BCUT2D eigenvalue weighted by atomic mass is 9.81. The molecule has 2 N–H and O–H groups in total. The van der Waals surface area contributed by atoms with E-state index in [9.17, 15) is 14.9 Å². The summed E-state index contributed by atoms with van der Waals surface area (Å²) in [4.78, 5) is 31.7. The lowest BCUT2D eigenvalue weighted by molar-refractivity contribution is -0.139. The highest BCUT2D eigenvalue weighted by Crippen LogP contribution is 2.43. The van der Waals surface area contributed by atoms with Gasteiger partial charge in [-0.15, -0.1) is 0 Å². The fourth-order valence-corrected chi connectivity index (χ4v) is 4.20. The van der Waals surface area contributed by atoms with E-state index in [2.05, 4.69) is 11.1 Å². The third-order valence-corrected chi connectivity index (χ3v) is 5.85. The van der Waals surface area contributed by atoms with Gasteiger partial charge in [-0.2, -0.15) is 5.26 Å². The predicted molar refractivity (Wildman–Crippen MR) is 128 cm³/mol. The summed E-state index contributed by atoms with van der Waals surface area (Å²) in [5, 5.41) is 10.1. The Kier molecular flexibility index (Phi) is 6.38. The zero-order valence-corrected chi connectivity index (χ0v) is 19.4. The Morgan fingerprint density at radius 1 is 1.03 bits per heavy atom. The van der Waals surface area contributed by atoms with Gasteiger partial charge in [0.1, 0.15) is 11.5 Å². The molecule has 1 unspecified atom stereocenters. The van der Waals surface area contributed by atoms with Gasteiger partial charge in [-0.3, -0.25) is 4.90 Å². The summed E-state index contributed by atoms with van der Waals surface area (Å²) in [5.41, 5.74) is 9.32. The number of anilines is 1. The number of benzene rings is 2. The second-order valence-corrected chi connectivity index (χ2v) is 7.77. The molecule has 1 atom stereocenters. The molecule has 9 nitrogen and oxygen atoms in total. The first-order valence-electron chi connectivity index (χ1n) is 10.6. The molecule has 0 saturated heterocycles. The molecule has 1 aromatic heterocycles. The number of ether oxygens (including phenoxy) is 2. The minimum Gasteiger partial charge on any atom is -0.466 e. The molecule has 0 radical (unpaired) electrons. The van der Waals surface area contributed by atoms with Crippen molar-refractivity contribution in [2.75, 3.05) is 19.1 Å². The van der Waals surface area contributed by atoms with Crippen LogP contribution in [0.3, 0.4) is 0 Å². The van der Waals surface area contributed by atoms with Crippen molar-refractivity contribution in [1.82, 2.24) is 9.55 Å². The fraction of sp³-hybridized carbons (Fsp3) is 0.154. The molecule has 0 saturated carbocycles. The van der Waals surface area contributed by atoms with Crippen molar-refractivity contribution in [2.45, 2.75) is 5.92 Å². The van der Waals surface area contributed by atoms with Gasteiger partial charge < -0.3 is 19.8 Å². The molecule has 0 amide bonds.